The molecule has 1 rings (SSSR count). The third-order valence-corrected chi connectivity index (χ3v) is 3.81. The van der Waals surface area contributed by atoms with Crippen LogP contribution in [-0.2, 0) is 4.79 Å². The van der Waals surface area contributed by atoms with E-state index in [4.69, 9.17) is 0 Å². The zero-order valence-corrected chi connectivity index (χ0v) is 10.1. The van der Waals surface area contributed by atoms with E-state index in [1.807, 2.05) is 18.9 Å². The van der Waals surface area contributed by atoms with E-state index in [1.165, 1.54) is 0 Å². The molecule has 0 aliphatic carbocycles. The molecule has 3 nitrogen and oxygen atoms in total. The van der Waals surface area contributed by atoms with Gasteiger partial charge in [0.2, 0.25) is 5.91 Å². The fourth-order valence-corrected chi connectivity index (χ4v) is 2.44. The Bertz CT molecular complexity index is 191. The van der Waals surface area contributed by atoms with Crippen molar-refractivity contribution in [3.63, 3.8) is 0 Å². The van der Waals surface area contributed by atoms with Gasteiger partial charge < -0.3 is 4.90 Å². The largest absolute Gasteiger partial charge is 0.343 e. The zero-order valence-electron chi connectivity index (χ0n) is 9.32. The number of nitrogens with zero attached hydrogens (tertiary/aromatic N) is 2. The van der Waals surface area contributed by atoms with Crippen molar-refractivity contribution in [3.8, 4) is 0 Å². The van der Waals surface area contributed by atoms with Crippen LogP contribution >= 0.6 is 11.9 Å². The molecule has 0 aromatic rings. The van der Waals surface area contributed by atoms with Crippen molar-refractivity contribution < 1.29 is 4.79 Å². The van der Waals surface area contributed by atoms with Crippen molar-refractivity contribution in [2.75, 3.05) is 26.4 Å². The summed E-state index contributed by atoms with van der Waals surface area (Å²) in [7, 11) is 1.94. The summed E-state index contributed by atoms with van der Waals surface area (Å²) in [4.78, 5) is 13.4. The first-order valence-corrected chi connectivity index (χ1v) is 6.42. The summed E-state index contributed by atoms with van der Waals surface area (Å²) in [5, 5.41) is 0. The van der Waals surface area contributed by atoms with E-state index in [0.717, 1.165) is 25.9 Å². The summed E-state index contributed by atoms with van der Waals surface area (Å²) in [6.45, 7) is 4.14. The lowest BCUT2D eigenvalue weighted by Crippen LogP contribution is -2.43. The number of carbonyl (C=O) groups excluding carboxylic acids is 1. The van der Waals surface area contributed by atoms with E-state index < -0.39 is 0 Å². The first kappa shape index (κ1) is 11.9. The second kappa shape index (κ2) is 5.61. The maximum Gasteiger partial charge on any atom is 0.222 e. The molecule has 0 bridgehead atoms. The van der Waals surface area contributed by atoms with Gasteiger partial charge in [0.15, 0.2) is 0 Å². The summed E-state index contributed by atoms with van der Waals surface area (Å²) in [5.74, 6) is 0.271. The van der Waals surface area contributed by atoms with Crippen LogP contribution in [0.5, 0.6) is 0 Å². The van der Waals surface area contributed by atoms with Crippen molar-refractivity contribution in [1.82, 2.24) is 9.21 Å². The van der Waals surface area contributed by atoms with Crippen molar-refractivity contribution in [2.24, 2.45) is 0 Å². The topological polar surface area (TPSA) is 23.6 Å². The Labute approximate surface area is 91.0 Å². The van der Waals surface area contributed by atoms with Gasteiger partial charge in [0.25, 0.3) is 0 Å². The van der Waals surface area contributed by atoms with Gasteiger partial charge in [-0.05, 0) is 19.1 Å². The SMILES string of the molecule is CCC(=O)N(C)C1CCN(SC)CC1. The summed E-state index contributed by atoms with van der Waals surface area (Å²) in [6.07, 6.45) is 4.96. The fourth-order valence-electron chi connectivity index (χ4n) is 1.87. The van der Waals surface area contributed by atoms with Gasteiger partial charge in [-0.3, -0.25) is 9.10 Å². The summed E-state index contributed by atoms with van der Waals surface area (Å²) in [5.41, 5.74) is 0. The van der Waals surface area contributed by atoms with Crippen LogP contribution in [-0.4, -0.2) is 47.5 Å². The molecule has 0 spiro atoms. The monoisotopic (exact) mass is 216 g/mol. The molecule has 1 fully saturated rings. The maximum absolute atomic E-state index is 11.5. The fraction of sp³-hybridized carbons (Fsp3) is 0.900. The highest BCUT2D eigenvalue weighted by Gasteiger charge is 2.23. The minimum Gasteiger partial charge on any atom is -0.343 e. The van der Waals surface area contributed by atoms with E-state index in [2.05, 4.69) is 10.6 Å². The number of hydrogen-bond acceptors (Lipinski definition) is 3. The van der Waals surface area contributed by atoms with Gasteiger partial charge in [-0.15, -0.1) is 0 Å². The lowest BCUT2D eigenvalue weighted by molar-refractivity contribution is -0.132. The van der Waals surface area contributed by atoms with E-state index >= 15 is 0 Å². The minimum absolute atomic E-state index is 0.271. The highest BCUT2D eigenvalue weighted by Crippen LogP contribution is 2.19. The predicted molar refractivity (Wildman–Crippen MR) is 61.2 cm³/mol. The first-order valence-electron chi connectivity index (χ1n) is 5.23. The molecule has 82 valence electrons. The quantitative estimate of drug-likeness (QED) is 0.669. The number of rotatable bonds is 3. The highest BCUT2D eigenvalue weighted by molar-refractivity contribution is 7.96. The molecule has 0 aromatic carbocycles. The Morgan fingerprint density at radius 3 is 2.50 bits per heavy atom. The summed E-state index contributed by atoms with van der Waals surface area (Å²) >= 11 is 1.80. The molecule has 1 heterocycles. The van der Waals surface area contributed by atoms with Crippen molar-refractivity contribution in [3.05, 3.63) is 0 Å². The molecular formula is C10H20N2OS. The Morgan fingerprint density at radius 2 is 2.07 bits per heavy atom. The van der Waals surface area contributed by atoms with Gasteiger partial charge in [0.1, 0.15) is 0 Å². The highest BCUT2D eigenvalue weighted by atomic mass is 32.2. The lowest BCUT2D eigenvalue weighted by Gasteiger charge is -2.35. The molecule has 0 saturated carbocycles. The second-order valence-corrected chi connectivity index (χ2v) is 4.58. The Hall–Kier alpha value is -0.220. The molecule has 1 amide bonds. The second-order valence-electron chi connectivity index (χ2n) is 3.70. The van der Waals surface area contributed by atoms with Crippen LogP contribution in [0.25, 0.3) is 0 Å². The molecule has 1 saturated heterocycles. The standard InChI is InChI=1S/C10H20N2OS/c1-4-10(13)11(2)9-5-7-12(14-3)8-6-9/h9H,4-8H2,1-3H3. The Morgan fingerprint density at radius 1 is 1.50 bits per heavy atom. The van der Waals surface area contributed by atoms with Gasteiger partial charge in [0.05, 0.1) is 0 Å². The molecule has 1 aliphatic heterocycles. The van der Waals surface area contributed by atoms with Gasteiger partial charge in [-0.25, -0.2) is 0 Å². The molecule has 0 atom stereocenters. The Balaban J connectivity index is 2.37. The van der Waals surface area contributed by atoms with Crippen molar-refractivity contribution >= 4 is 17.9 Å². The predicted octanol–water partition coefficient (Wildman–Crippen LogP) is 1.60. The van der Waals surface area contributed by atoms with Crippen LogP contribution in [0.2, 0.25) is 0 Å². The average Bonchev–Trinajstić information content (AvgIpc) is 2.27. The van der Waals surface area contributed by atoms with Crippen LogP contribution in [0.4, 0.5) is 0 Å². The normalized spacial score (nSPS) is 19.6. The molecule has 4 heteroatoms. The third-order valence-electron chi connectivity index (χ3n) is 2.93. The smallest absolute Gasteiger partial charge is 0.222 e. The van der Waals surface area contributed by atoms with Crippen molar-refractivity contribution in [2.45, 2.75) is 32.2 Å². The molecule has 0 N–H and O–H groups in total. The van der Waals surface area contributed by atoms with Gasteiger partial charge >= 0.3 is 0 Å². The van der Waals surface area contributed by atoms with Crippen LogP contribution in [0.15, 0.2) is 0 Å². The van der Waals surface area contributed by atoms with E-state index in [1.54, 1.807) is 11.9 Å². The van der Waals surface area contributed by atoms with E-state index in [0.29, 0.717) is 12.5 Å². The molecule has 0 aromatic heterocycles. The van der Waals surface area contributed by atoms with E-state index in [-0.39, 0.29) is 5.91 Å². The molecular weight excluding hydrogens is 196 g/mol. The Kier molecular flexibility index (Phi) is 4.75. The molecule has 0 unspecified atom stereocenters. The van der Waals surface area contributed by atoms with Crippen LogP contribution in [0.1, 0.15) is 26.2 Å². The van der Waals surface area contributed by atoms with Crippen molar-refractivity contribution in [1.29, 1.82) is 0 Å². The van der Waals surface area contributed by atoms with Gasteiger partial charge in [-0.1, -0.05) is 18.9 Å². The summed E-state index contributed by atoms with van der Waals surface area (Å²) in [6, 6.07) is 0.464. The number of hydrogen-bond donors (Lipinski definition) is 0. The number of carbonyl (C=O) groups is 1. The minimum atomic E-state index is 0.271. The van der Waals surface area contributed by atoms with E-state index in [9.17, 15) is 4.79 Å². The molecule has 0 radical (unpaired) electrons. The first-order chi connectivity index (χ1) is 6.69. The van der Waals surface area contributed by atoms with Gasteiger partial charge in [0, 0.05) is 32.6 Å². The number of piperidine rings is 1. The number of amides is 1. The molecule has 1 aliphatic rings. The van der Waals surface area contributed by atoms with Crippen LogP contribution in [0, 0.1) is 0 Å². The lowest BCUT2D eigenvalue weighted by atomic mass is 10.1. The third kappa shape index (κ3) is 2.89. The maximum atomic E-state index is 11.5. The van der Waals surface area contributed by atoms with Crippen LogP contribution < -0.4 is 0 Å². The van der Waals surface area contributed by atoms with Crippen LogP contribution in [0.3, 0.4) is 0 Å². The summed E-state index contributed by atoms with van der Waals surface area (Å²) < 4.78 is 2.36. The average molecular weight is 216 g/mol. The van der Waals surface area contributed by atoms with Gasteiger partial charge in [-0.2, -0.15) is 0 Å². The zero-order chi connectivity index (χ0) is 10.6. The molecule has 14 heavy (non-hydrogen) atoms.